The lowest BCUT2D eigenvalue weighted by atomic mass is 9.83. The summed E-state index contributed by atoms with van der Waals surface area (Å²) in [6, 6.07) is 0. The van der Waals surface area contributed by atoms with Crippen molar-refractivity contribution in [1.29, 1.82) is 0 Å². The Balaban J connectivity index is 2.34. The molecule has 1 aliphatic carbocycles. The molecular weight excluding hydrogens is 224 g/mol. The monoisotopic (exact) mass is 254 g/mol. The second kappa shape index (κ2) is 7.37. The van der Waals surface area contributed by atoms with Crippen molar-refractivity contribution in [2.45, 2.75) is 77.1 Å². The summed E-state index contributed by atoms with van der Waals surface area (Å²) in [5.41, 5.74) is 0. The van der Waals surface area contributed by atoms with Gasteiger partial charge in [-0.3, -0.25) is 0 Å². The van der Waals surface area contributed by atoms with Crippen molar-refractivity contribution in [3.8, 4) is 0 Å². The van der Waals surface area contributed by atoms with E-state index in [4.69, 9.17) is 4.43 Å². The molecule has 0 aromatic carbocycles. The minimum atomic E-state index is -1.36. The molecule has 0 bridgehead atoms. The average Bonchev–Trinajstić information content (AvgIpc) is 2.24. The van der Waals surface area contributed by atoms with Gasteiger partial charge in [0.15, 0.2) is 8.32 Å². The summed E-state index contributed by atoms with van der Waals surface area (Å²) in [7, 11) is -1.36. The van der Waals surface area contributed by atoms with Gasteiger partial charge in [-0.05, 0) is 57.7 Å². The highest BCUT2D eigenvalue weighted by atomic mass is 28.4. The van der Waals surface area contributed by atoms with Gasteiger partial charge in [0.1, 0.15) is 0 Å². The molecule has 0 unspecified atom stereocenters. The van der Waals surface area contributed by atoms with Gasteiger partial charge in [0.05, 0.1) is 0 Å². The fourth-order valence-corrected chi connectivity index (χ4v) is 4.03. The number of hydrogen-bond donors (Lipinski definition) is 0. The van der Waals surface area contributed by atoms with Crippen molar-refractivity contribution in [2.75, 3.05) is 0 Å². The van der Waals surface area contributed by atoms with Crippen molar-refractivity contribution in [2.24, 2.45) is 5.92 Å². The van der Waals surface area contributed by atoms with E-state index in [0.29, 0.717) is 6.10 Å². The molecule has 1 saturated carbocycles. The topological polar surface area (TPSA) is 9.23 Å². The summed E-state index contributed by atoms with van der Waals surface area (Å²) in [6.07, 6.45) is 13.3. The molecule has 0 heterocycles. The maximum absolute atomic E-state index is 6.37. The molecule has 1 nitrogen and oxygen atoms in total. The summed E-state index contributed by atoms with van der Waals surface area (Å²) < 4.78 is 6.37. The molecule has 2 atom stereocenters. The van der Waals surface area contributed by atoms with Crippen LogP contribution >= 0.6 is 0 Å². The van der Waals surface area contributed by atoms with E-state index in [2.05, 4.69) is 26.2 Å². The Labute approximate surface area is 109 Å². The van der Waals surface area contributed by atoms with Crippen LogP contribution in [0.15, 0.2) is 12.7 Å². The number of hydrogen-bond acceptors (Lipinski definition) is 1. The van der Waals surface area contributed by atoms with Crippen molar-refractivity contribution in [3.63, 3.8) is 0 Å². The lowest BCUT2D eigenvalue weighted by Gasteiger charge is -2.36. The van der Waals surface area contributed by atoms with E-state index in [1.165, 1.54) is 51.4 Å². The zero-order valence-corrected chi connectivity index (χ0v) is 13.0. The maximum atomic E-state index is 6.37. The van der Waals surface area contributed by atoms with Crippen molar-refractivity contribution in [3.05, 3.63) is 12.7 Å². The summed E-state index contributed by atoms with van der Waals surface area (Å²) in [4.78, 5) is 0. The Hall–Kier alpha value is -0.0831. The van der Waals surface area contributed by atoms with Gasteiger partial charge in [0, 0.05) is 6.10 Å². The van der Waals surface area contributed by atoms with Gasteiger partial charge in [0.2, 0.25) is 0 Å². The quantitative estimate of drug-likeness (QED) is 0.347. The predicted octanol–water partition coefficient (Wildman–Crippen LogP) is 5.14. The number of allylic oxidation sites excluding steroid dienone is 1. The highest BCUT2D eigenvalue weighted by Crippen LogP contribution is 2.32. The lowest BCUT2D eigenvalue weighted by molar-refractivity contribution is 0.0797. The van der Waals surface area contributed by atoms with E-state index < -0.39 is 8.32 Å². The maximum Gasteiger partial charge on any atom is 0.184 e. The average molecular weight is 254 g/mol. The minimum Gasteiger partial charge on any atom is -0.414 e. The van der Waals surface area contributed by atoms with Gasteiger partial charge in [-0.15, -0.1) is 6.58 Å². The van der Waals surface area contributed by atoms with Gasteiger partial charge >= 0.3 is 0 Å². The van der Waals surface area contributed by atoms with Crippen molar-refractivity contribution < 1.29 is 4.43 Å². The van der Waals surface area contributed by atoms with Crippen LogP contribution in [-0.2, 0) is 4.43 Å². The molecule has 100 valence electrons. The van der Waals surface area contributed by atoms with Crippen LogP contribution in [0.25, 0.3) is 0 Å². The van der Waals surface area contributed by atoms with E-state index in [1.54, 1.807) is 0 Å². The smallest absolute Gasteiger partial charge is 0.184 e. The summed E-state index contributed by atoms with van der Waals surface area (Å²) in [6.45, 7) is 10.7. The van der Waals surface area contributed by atoms with Crippen molar-refractivity contribution in [1.82, 2.24) is 0 Å². The number of unbranched alkanes of at least 4 members (excludes halogenated alkanes) is 2. The molecule has 0 N–H and O–H groups in total. The second-order valence-corrected chi connectivity index (χ2v) is 10.8. The molecule has 1 aliphatic rings. The highest BCUT2D eigenvalue weighted by molar-refractivity contribution is 6.69. The van der Waals surface area contributed by atoms with Crippen LogP contribution in [0.5, 0.6) is 0 Å². The standard InChI is InChI=1S/C15H30OSi/c1-5-6-7-8-11-14-12-9-10-13-15(14)16-17(2,3)4/h5,14-15H,1,6-13H2,2-4H3/t14-,15-/m1/s1. The van der Waals surface area contributed by atoms with E-state index in [1.807, 2.05) is 6.08 Å². The first kappa shape index (κ1) is 15.0. The first-order valence-corrected chi connectivity index (χ1v) is 10.7. The minimum absolute atomic E-state index is 0.569. The van der Waals surface area contributed by atoms with Crippen LogP contribution in [0.3, 0.4) is 0 Å². The Kier molecular flexibility index (Phi) is 6.50. The molecule has 0 amide bonds. The normalized spacial score (nSPS) is 25.8. The zero-order chi connectivity index (χ0) is 12.7. The van der Waals surface area contributed by atoms with Crippen LogP contribution in [0.4, 0.5) is 0 Å². The van der Waals surface area contributed by atoms with Gasteiger partial charge in [0.25, 0.3) is 0 Å². The summed E-state index contributed by atoms with van der Waals surface area (Å²) in [5, 5.41) is 0. The van der Waals surface area contributed by atoms with Gasteiger partial charge in [-0.1, -0.05) is 25.3 Å². The summed E-state index contributed by atoms with van der Waals surface area (Å²) >= 11 is 0. The molecule has 1 rings (SSSR count). The molecule has 17 heavy (non-hydrogen) atoms. The molecule has 0 aliphatic heterocycles. The first-order chi connectivity index (χ1) is 8.03. The largest absolute Gasteiger partial charge is 0.414 e. The Morgan fingerprint density at radius 2 is 1.88 bits per heavy atom. The third-order valence-electron chi connectivity index (χ3n) is 3.58. The molecule has 2 heteroatoms. The van der Waals surface area contributed by atoms with Gasteiger partial charge < -0.3 is 4.43 Å². The third kappa shape index (κ3) is 6.42. The third-order valence-corrected chi connectivity index (χ3v) is 4.59. The zero-order valence-electron chi connectivity index (χ0n) is 12.0. The lowest BCUT2D eigenvalue weighted by Crippen LogP contribution is -2.38. The molecule has 0 aromatic rings. The predicted molar refractivity (Wildman–Crippen MR) is 78.8 cm³/mol. The molecular formula is C15H30OSi. The van der Waals surface area contributed by atoms with Crippen LogP contribution in [0.1, 0.15) is 51.4 Å². The molecule has 1 fully saturated rings. The highest BCUT2D eigenvalue weighted by Gasteiger charge is 2.29. The Morgan fingerprint density at radius 1 is 1.18 bits per heavy atom. The summed E-state index contributed by atoms with van der Waals surface area (Å²) in [5.74, 6) is 0.834. The van der Waals surface area contributed by atoms with E-state index in [-0.39, 0.29) is 0 Å². The first-order valence-electron chi connectivity index (χ1n) is 7.31. The molecule has 0 saturated heterocycles. The van der Waals surface area contributed by atoms with Crippen LogP contribution in [0.2, 0.25) is 19.6 Å². The Bertz CT molecular complexity index is 219. The molecule has 0 aromatic heterocycles. The SMILES string of the molecule is C=CCCCC[C@@H]1CCCC[C@H]1O[Si](C)(C)C. The van der Waals surface area contributed by atoms with Gasteiger partial charge in [-0.25, -0.2) is 0 Å². The van der Waals surface area contributed by atoms with E-state index in [0.717, 1.165) is 5.92 Å². The second-order valence-electron chi connectivity index (χ2n) is 6.39. The van der Waals surface area contributed by atoms with E-state index in [9.17, 15) is 0 Å². The number of rotatable bonds is 7. The van der Waals surface area contributed by atoms with Crippen LogP contribution < -0.4 is 0 Å². The van der Waals surface area contributed by atoms with E-state index >= 15 is 0 Å². The fourth-order valence-electron chi connectivity index (χ4n) is 2.81. The van der Waals surface area contributed by atoms with Gasteiger partial charge in [-0.2, -0.15) is 0 Å². The molecule has 0 radical (unpaired) electrons. The fraction of sp³-hybridized carbons (Fsp3) is 0.867. The van der Waals surface area contributed by atoms with Crippen LogP contribution in [-0.4, -0.2) is 14.4 Å². The molecule has 0 spiro atoms. The van der Waals surface area contributed by atoms with Crippen LogP contribution in [0, 0.1) is 5.92 Å². The Morgan fingerprint density at radius 3 is 2.53 bits per heavy atom. The van der Waals surface area contributed by atoms with Crippen molar-refractivity contribution >= 4 is 8.32 Å².